The fourth-order valence-corrected chi connectivity index (χ4v) is 5.55. The molecule has 232 valence electrons. The molecule has 0 aliphatic carbocycles. The number of ether oxygens (including phenoxy) is 3. The molecular weight excluding hydrogens is 582 g/mol. The molecule has 0 amide bonds. The van der Waals surface area contributed by atoms with Crippen LogP contribution in [0.5, 0.6) is 11.6 Å². The van der Waals surface area contributed by atoms with Crippen molar-refractivity contribution in [1.82, 2.24) is 30.0 Å². The highest BCUT2D eigenvalue weighted by atomic mass is 35.5. The molecule has 5 rings (SSSR count). The Hall–Kier alpha value is -3.55. The summed E-state index contributed by atoms with van der Waals surface area (Å²) in [6.45, 7) is 2.93. The van der Waals surface area contributed by atoms with Gasteiger partial charge in [0.25, 0.3) is 5.88 Å². The van der Waals surface area contributed by atoms with E-state index in [0.717, 1.165) is 63.1 Å². The molecule has 0 bridgehead atoms. The maximum absolute atomic E-state index is 13.2. The lowest BCUT2D eigenvalue weighted by molar-refractivity contribution is -0.0530. The Morgan fingerprint density at radius 1 is 1.09 bits per heavy atom. The van der Waals surface area contributed by atoms with Gasteiger partial charge >= 0.3 is 6.61 Å². The van der Waals surface area contributed by atoms with Gasteiger partial charge in [-0.3, -0.25) is 9.67 Å². The molecule has 4 heterocycles. The molecule has 2 fully saturated rings. The lowest BCUT2D eigenvalue weighted by Crippen LogP contribution is -2.44. The number of hydrogen-bond acceptors (Lipinski definition) is 9. The van der Waals surface area contributed by atoms with E-state index in [-0.39, 0.29) is 29.7 Å². The summed E-state index contributed by atoms with van der Waals surface area (Å²) in [5.41, 5.74) is 1.81. The summed E-state index contributed by atoms with van der Waals surface area (Å²) in [6.07, 6.45) is 10.2. The molecule has 0 saturated carbocycles. The summed E-state index contributed by atoms with van der Waals surface area (Å²) in [7, 11) is 1.68. The smallest absolute Gasteiger partial charge is 0.388 e. The van der Waals surface area contributed by atoms with E-state index in [1.807, 2.05) is 19.1 Å². The van der Waals surface area contributed by atoms with Crippen molar-refractivity contribution in [2.24, 2.45) is 4.99 Å². The van der Waals surface area contributed by atoms with Crippen LogP contribution in [-0.2, 0) is 4.74 Å². The molecule has 0 unspecified atom stereocenters. The number of anilines is 2. The van der Waals surface area contributed by atoms with Gasteiger partial charge in [0, 0.05) is 57.3 Å². The first kappa shape index (κ1) is 30.9. The largest absolute Gasteiger partial charge is 0.487 e. The molecule has 3 aromatic rings. The highest BCUT2D eigenvalue weighted by Crippen LogP contribution is 2.34. The molecule has 2 aromatic heterocycles. The molecule has 2 aliphatic rings. The van der Waals surface area contributed by atoms with Gasteiger partial charge in [0.1, 0.15) is 17.5 Å². The second kappa shape index (κ2) is 14.8. The summed E-state index contributed by atoms with van der Waals surface area (Å²) in [6, 6.07) is 6.04. The topological polar surface area (TPSA) is 111 Å². The standard InChI is InChI=1S/C29H37ClF2N8O3/c1-19(14-34-18-33-2)42-26-13-20(3-4-24(26)30)21-15-35-29(36-16-21)37-25-17-40(38-27(25)43-28(31)32)23-5-9-39(10-6-23)22-7-11-41-12-8-22/h3-4,13,15-19,22-23,28H,5-12,14H2,1-2H3,(H,33,34)(H,35,36,37)/t19-/m0/s1. The number of nitrogens with one attached hydrogen (secondary N) is 2. The van der Waals surface area contributed by atoms with Crippen LogP contribution in [0.1, 0.15) is 38.6 Å². The van der Waals surface area contributed by atoms with Gasteiger partial charge in [0.15, 0.2) is 0 Å². The predicted octanol–water partition coefficient (Wildman–Crippen LogP) is 5.17. The molecule has 0 spiro atoms. The van der Waals surface area contributed by atoms with Crippen LogP contribution >= 0.6 is 11.6 Å². The minimum absolute atomic E-state index is 0.0783. The molecule has 0 radical (unpaired) electrons. The number of nitrogens with zero attached hydrogens (tertiary/aromatic N) is 6. The van der Waals surface area contributed by atoms with E-state index in [4.69, 9.17) is 25.8 Å². The van der Waals surface area contributed by atoms with E-state index in [9.17, 15) is 8.78 Å². The minimum Gasteiger partial charge on any atom is -0.487 e. The van der Waals surface area contributed by atoms with Gasteiger partial charge in [0.2, 0.25) is 5.95 Å². The number of hydrogen-bond donors (Lipinski definition) is 2. The lowest BCUT2D eigenvalue weighted by atomic mass is 10.00. The Labute approximate surface area is 254 Å². The van der Waals surface area contributed by atoms with Crippen molar-refractivity contribution in [2.75, 3.05) is 45.2 Å². The normalized spacial score (nSPS) is 17.8. The number of rotatable bonds is 12. The van der Waals surface area contributed by atoms with Crippen LogP contribution in [0.15, 0.2) is 41.8 Å². The third-order valence-electron chi connectivity index (χ3n) is 7.60. The van der Waals surface area contributed by atoms with E-state index in [2.05, 4.69) is 35.6 Å². The maximum atomic E-state index is 13.2. The monoisotopic (exact) mass is 618 g/mol. The van der Waals surface area contributed by atoms with E-state index < -0.39 is 6.61 Å². The Kier molecular flexibility index (Phi) is 10.6. The van der Waals surface area contributed by atoms with Gasteiger partial charge in [-0.15, -0.1) is 5.10 Å². The molecule has 11 nitrogen and oxygen atoms in total. The third kappa shape index (κ3) is 8.30. The summed E-state index contributed by atoms with van der Waals surface area (Å²) in [4.78, 5) is 15.2. The molecule has 2 N–H and O–H groups in total. The zero-order valence-corrected chi connectivity index (χ0v) is 25.0. The molecule has 14 heteroatoms. The highest BCUT2D eigenvalue weighted by molar-refractivity contribution is 6.32. The second-order valence-corrected chi connectivity index (χ2v) is 11.0. The molecule has 2 aliphatic heterocycles. The Morgan fingerprint density at radius 2 is 1.84 bits per heavy atom. The summed E-state index contributed by atoms with van der Waals surface area (Å²) < 4.78 is 44.4. The number of aliphatic imine (C=N–C) groups is 1. The predicted molar refractivity (Wildman–Crippen MR) is 161 cm³/mol. The second-order valence-electron chi connectivity index (χ2n) is 10.6. The van der Waals surface area contributed by atoms with Crippen LogP contribution in [-0.4, -0.2) is 89.6 Å². The van der Waals surface area contributed by atoms with Crippen molar-refractivity contribution in [3.8, 4) is 22.8 Å². The quantitative estimate of drug-likeness (QED) is 0.210. The third-order valence-corrected chi connectivity index (χ3v) is 7.91. The first-order chi connectivity index (χ1) is 20.9. The van der Waals surface area contributed by atoms with Crippen LogP contribution in [0.3, 0.4) is 0 Å². The van der Waals surface area contributed by atoms with Crippen LogP contribution in [0.25, 0.3) is 11.1 Å². The average Bonchev–Trinajstić information content (AvgIpc) is 3.40. The number of piperidine rings is 1. The number of aromatic nitrogens is 4. The van der Waals surface area contributed by atoms with E-state index in [0.29, 0.717) is 23.4 Å². The Morgan fingerprint density at radius 3 is 2.53 bits per heavy atom. The SMILES string of the molecule is CN=CNC[C@H](C)Oc1cc(-c2cnc(Nc3cn(C4CCN(C5CCOCC5)CC4)nc3OC(F)F)nc2)ccc1Cl. The fourth-order valence-electron chi connectivity index (χ4n) is 5.39. The zero-order chi connectivity index (χ0) is 30.2. The Bertz CT molecular complexity index is 1350. The van der Waals surface area contributed by atoms with Gasteiger partial charge in [0.05, 0.1) is 30.1 Å². The van der Waals surface area contributed by atoms with Crippen LogP contribution < -0.4 is 20.1 Å². The van der Waals surface area contributed by atoms with Crippen LogP contribution in [0.2, 0.25) is 5.02 Å². The summed E-state index contributed by atoms with van der Waals surface area (Å²) in [5.74, 6) is 0.561. The van der Waals surface area contributed by atoms with Gasteiger partial charge in [-0.05, 0) is 50.3 Å². The number of alkyl halides is 2. The summed E-state index contributed by atoms with van der Waals surface area (Å²) in [5, 5.41) is 10.9. The summed E-state index contributed by atoms with van der Waals surface area (Å²) >= 11 is 6.36. The molecule has 2 saturated heterocycles. The van der Waals surface area contributed by atoms with Crippen molar-refractivity contribution in [1.29, 1.82) is 0 Å². The Balaban J connectivity index is 1.24. The van der Waals surface area contributed by atoms with Crippen molar-refractivity contribution < 1.29 is 23.0 Å². The number of likely N-dealkylation sites (tertiary alicyclic amines) is 1. The lowest BCUT2D eigenvalue weighted by Gasteiger charge is -2.39. The van der Waals surface area contributed by atoms with Gasteiger partial charge < -0.3 is 29.7 Å². The minimum atomic E-state index is -3.01. The van der Waals surface area contributed by atoms with Crippen molar-refractivity contribution in [2.45, 2.75) is 57.4 Å². The van der Waals surface area contributed by atoms with Crippen molar-refractivity contribution in [3.63, 3.8) is 0 Å². The van der Waals surface area contributed by atoms with Gasteiger partial charge in [-0.2, -0.15) is 8.78 Å². The van der Waals surface area contributed by atoms with Crippen LogP contribution in [0, 0.1) is 0 Å². The average molecular weight is 619 g/mol. The molecule has 43 heavy (non-hydrogen) atoms. The fraction of sp³-hybridized carbons (Fsp3) is 0.517. The number of benzene rings is 1. The van der Waals surface area contributed by atoms with E-state index in [1.165, 1.54) is 0 Å². The molecule has 1 aromatic carbocycles. The zero-order valence-electron chi connectivity index (χ0n) is 24.3. The van der Waals surface area contributed by atoms with E-state index >= 15 is 0 Å². The highest BCUT2D eigenvalue weighted by Gasteiger charge is 2.29. The van der Waals surface area contributed by atoms with Crippen molar-refractivity contribution in [3.05, 3.63) is 41.8 Å². The number of halogens is 3. The first-order valence-electron chi connectivity index (χ1n) is 14.4. The molecule has 1 atom stereocenters. The van der Waals surface area contributed by atoms with Crippen LogP contribution in [0.4, 0.5) is 20.4 Å². The molecular formula is C29H37ClF2N8O3. The van der Waals surface area contributed by atoms with Gasteiger partial charge in [-0.1, -0.05) is 17.7 Å². The maximum Gasteiger partial charge on any atom is 0.388 e. The van der Waals surface area contributed by atoms with Crippen molar-refractivity contribution >= 4 is 29.6 Å². The van der Waals surface area contributed by atoms with Gasteiger partial charge in [-0.25, -0.2) is 9.97 Å². The first-order valence-corrected chi connectivity index (χ1v) is 14.8. The van der Waals surface area contributed by atoms with E-state index in [1.54, 1.807) is 42.7 Å².